The van der Waals surface area contributed by atoms with Crippen LogP contribution in [-0.4, -0.2) is 10.1 Å². The van der Waals surface area contributed by atoms with Crippen molar-refractivity contribution in [2.24, 2.45) is 0 Å². The van der Waals surface area contributed by atoms with Gasteiger partial charge in [0, 0.05) is 16.1 Å². The first kappa shape index (κ1) is 12.6. The maximum atomic E-state index is 5.69. The summed E-state index contributed by atoms with van der Waals surface area (Å²) < 4.78 is 5.43. The lowest BCUT2D eigenvalue weighted by Crippen LogP contribution is -1.96. The van der Waals surface area contributed by atoms with Crippen LogP contribution in [0.1, 0.15) is 23.3 Å². The summed E-state index contributed by atoms with van der Waals surface area (Å²) in [5.41, 5.74) is 8.79. The fourth-order valence-electron chi connectivity index (χ4n) is 2.67. The first-order valence-electron chi connectivity index (χ1n) is 7.11. The normalized spacial score (nSPS) is 14.1. The molecule has 1 aromatic carbocycles. The van der Waals surface area contributed by atoms with Crippen molar-refractivity contribution >= 4 is 17.0 Å². The number of fused-ring (bicyclic) bond motifs is 1. The molecular formula is C16H15N3OS. The highest BCUT2D eigenvalue weighted by Gasteiger charge is 2.18. The predicted molar refractivity (Wildman–Crippen MR) is 84.1 cm³/mol. The zero-order valence-corrected chi connectivity index (χ0v) is 12.3. The molecule has 1 aliphatic rings. The molecule has 106 valence electrons. The van der Waals surface area contributed by atoms with Crippen LogP contribution in [0.15, 0.2) is 34.9 Å². The van der Waals surface area contributed by atoms with Crippen LogP contribution in [0.4, 0.5) is 5.69 Å². The molecule has 1 aliphatic carbocycles. The number of benzene rings is 1. The van der Waals surface area contributed by atoms with Gasteiger partial charge >= 0.3 is 0 Å². The lowest BCUT2D eigenvalue weighted by atomic mass is 9.99. The quantitative estimate of drug-likeness (QED) is 0.728. The van der Waals surface area contributed by atoms with E-state index in [1.165, 1.54) is 36.1 Å². The summed E-state index contributed by atoms with van der Waals surface area (Å²) in [5.74, 6) is 1.22. The third kappa shape index (κ3) is 2.34. The Bertz CT molecular complexity index is 750. The smallest absolute Gasteiger partial charge is 0.268 e. The maximum absolute atomic E-state index is 5.69. The van der Waals surface area contributed by atoms with E-state index in [2.05, 4.69) is 16.2 Å². The molecule has 0 saturated carbocycles. The lowest BCUT2D eigenvalue weighted by molar-refractivity contribution is 0.433. The zero-order valence-electron chi connectivity index (χ0n) is 11.5. The molecule has 0 radical (unpaired) electrons. The predicted octanol–water partition coefficient (Wildman–Crippen LogP) is 3.93. The van der Waals surface area contributed by atoms with Gasteiger partial charge in [-0.05, 0) is 61.6 Å². The number of aromatic nitrogens is 2. The van der Waals surface area contributed by atoms with Crippen LogP contribution >= 0.6 is 11.3 Å². The molecular weight excluding hydrogens is 282 g/mol. The highest BCUT2D eigenvalue weighted by molar-refractivity contribution is 7.15. The Kier molecular flexibility index (Phi) is 3.00. The highest BCUT2D eigenvalue weighted by Crippen LogP contribution is 2.35. The van der Waals surface area contributed by atoms with Crippen molar-refractivity contribution in [2.45, 2.75) is 25.7 Å². The number of nitrogens with zero attached hydrogens (tertiary/aromatic N) is 2. The molecule has 0 aliphatic heterocycles. The average molecular weight is 297 g/mol. The number of hydrogen-bond donors (Lipinski definition) is 1. The second-order valence-corrected chi connectivity index (χ2v) is 6.45. The van der Waals surface area contributed by atoms with Gasteiger partial charge in [-0.15, -0.1) is 11.3 Å². The Balaban J connectivity index is 1.67. The maximum Gasteiger partial charge on any atom is 0.268 e. The number of anilines is 1. The number of nitrogens with two attached hydrogens (primary N) is 1. The van der Waals surface area contributed by atoms with Gasteiger partial charge in [0.2, 0.25) is 5.82 Å². The van der Waals surface area contributed by atoms with Gasteiger partial charge in [-0.2, -0.15) is 4.98 Å². The van der Waals surface area contributed by atoms with Gasteiger partial charge in [-0.1, -0.05) is 5.16 Å². The number of rotatable bonds is 2. The molecule has 0 fully saturated rings. The third-order valence-corrected chi connectivity index (χ3v) is 5.03. The van der Waals surface area contributed by atoms with Gasteiger partial charge in [0.1, 0.15) is 0 Å². The SMILES string of the molecule is Nc1ccc(-c2noc(-c3cc4c(s3)CCCC4)n2)cc1. The highest BCUT2D eigenvalue weighted by atomic mass is 32.1. The van der Waals surface area contributed by atoms with Crippen LogP contribution in [0.2, 0.25) is 0 Å². The van der Waals surface area contributed by atoms with Crippen molar-refractivity contribution in [3.63, 3.8) is 0 Å². The molecule has 4 nitrogen and oxygen atoms in total. The van der Waals surface area contributed by atoms with Crippen LogP contribution in [0.5, 0.6) is 0 Å². The molecule has 4 rings (SSSR count). The Morgan fingerprint density at radius 2 is 1.90 bits per heavy atom. The summed E-state index contributed by atoms with van der Waals surface area (Å²) in [6.07, 6.45) is 4.92. The van der Waals surface area contributed by atoms with Crippen molar-refractivity contribution in [1.29, 1.82) is 0 Å². The molecule has 2 heterocycles. The van der Waals surface area contributed by atoms with Gasteiger partial charge in [0.25, 0.3) is 5.89 Å². The van der Waals surface area contributed by atoms with Crippen LogP contribution in [0.3, 0.4) is 0 Å². The third-order valence-electron chi connectivity index (χ3n) is 3.80. The molecule has 0 unspecified atom stereocenters. The molecule has 3 aromatic rings. The topological polar surface area (TPSA) is 64.9 Å². The van der Waals surface area contributed by atoms with Gasteiger partial charge < -0.3 is 10.3 Å². The van der Waals surface area contributed by atoms with E-state index in [4.69, 9.17) is 10.3 Å². The fourth-order valence-corrected chi connectivity index (χ4v) is 3.84. The Morgan fingerprint density at radius 1 is 1.10 bits per heavy atom. The molecule has 21 heavy (non-hydrogen) atoms. The molecule has 0 amide bonds. The zero-order chi connectivity index (χ0) is 14.2. The van der Waals surface area contributed by atoms with Gasteiger partial charge in [-0.3, -0.25) is 0 Å². The van der Waals surface area contributed by atoms with Crippen molar-refractivity contribution in [3.8, 4) is 22.2 Å². The molecule has 2 N–H and O–H groups in total. The summed E-state index contributed by atoms with van der Waals surface area (Å²) in [6, 6.07) is 9.71. The fraction of sp³-hybridized carbons (Fsp3) is 0.250. The van der Waals surface area contributed by atoms with Gasteiger partial charge in [-0.25, -0.2) is 0 Å². The second-order valence-electron chi connectivity index (χ2n) is 5.31. The van der Waals surface area contributed by atoms with E-state index in [-0.39, 0.29) is 0 Å². The number of nitrogen functional groups attached to an aromatic ring is 1. The van der Waals surface area contributed by atoms with E-state index in [1.807, 2.05) is 24.3 Å². The van der Waals surface area contributed by atoms with E-state index in [1.54, 1.807) is 11.3 Å². The van der Waals surface area contributed by atoms with Crippen LogP contribution in [-0.2, 0) is 12.8 Å². The van der Waals surface area contributed by atoms with E-state index < -0.39 is 0 Å². The molecule has 0 spiro atoms. The molecule has 2 aromatic heterocycles. The molecule has 0 atom stereocenters. The average Bonchev–Trinajstić information content (AvgIpc) is 3.14. The van der Waals surface area contributed by atoms with E-state index in [0.29, 0.717) is 11.7 Å². The van der Waals surface area contributed by atoms with Gasteiger partial charge in [0.05, 0.1) is 4.88 Å². The van der Waals surface area contributed by atoms with Gasteiger partial charge in [0.15, 0.2) is 0 Å². The summed E-state index contributed by atoms with van der Waals surface area (Å²) >= 11 is 1.78. The molecule has 0 bridgehead atoms. The van der Waals surface area contributed by atoms with Crippen LogP contribution in [0, 0.1) is 0 Å². The number of thiophene rings is 1. The lowest BCUT2D eigenvalue weighted by Gasteiger charge is -2.08. The summed E-state index contributed by atoms with van der Waals surface area (Å²) in [6.45, 7) is 0. The molecule has 0 saturated heterocycles. The summed E-state index contributed by atoms with van der Waals surface area (Å²) in [5, 5.41) is 4.08. The Labute approximate surface area is 126 Å². The van der Waals surface area contributed by atoms with E-state index in [9.17, 15) is 0 Å². The molecule has 5 heteroatoms. The van der Waals surface area contributed by atoms with Crippen molar-refractivity contribution < 1.29 is 4.52 Å². The first-order valence-corrected chi connectivity index (χ1v) is 7.93. The van der Waals surface area contributed by atoms with Crippen LogP contribution in [0.25, 0.3) is 22.2 Å². The van der Waals surface area contributed by atoms with E-state index >= 15 is 0 Å². The van der Waals surface area contributed by atoms with Crippen molar-refractivity contribution in [2.75, 3.05) is 5.73 Å². The summed E-state index contributed by atoms with van der Waals surface area (Å²) in [4.78, 5) is 7.07. The van der Waals surface area contributed by atoms with Crippen molar-refractivity contribution in [3.05, 3.63) is 40.8 Å². The monoisotopic (exact) mass is 297 g/mol. The van der Waals surface area contributed by atoms with Crippen LogP contribution < -0.4 is 5.73 Å². The van der Waals surface area contributed by atoms with E-state index in [0.717, 1.165) is 16.1 Å². The Morgan fingerprint density at radius 3 is 2.71 bits per heavy atom. The first-order chi connectivity index (χ1) is 10.3. The standard InChI is InChI=1S/C16H15N3OS/c17-12-7-5-10(6-8-12)15-18-16(20-19-15)14-9-11-3-1-2-4-13(11)21-14/h5-9H,1-4,17H2. The minimum atomic E-state index is 0.608. The second kappa shape index (κ2) is 5.00. The number of aryl methyl sites for hydroxylation is 2. The minimum absolute atomic E-state index is 0.608. The van der Waals surface area contributed by atoms with Crippen molar-refractivity contribution in [1.82, 2.24) is 10.1 Å². The summed E-state index contributed by atoms with van der Waals surface area (Å²) in [7, 11) is 0. The minimum Gasteiger partial charge on any atom is -0.399 e. The largest absolute Gasteiger partial charge is 0.399 e. The Hall–Kier alpha value is -2.14. The number of hydrogen-bond acceptors (Lipinski definition) is 5.